The van der Waals surface area contributed by atoms with Gasteiger partial charge in [-0.2, -0.15) is 0 Å². The summed E-state index contributed by atoms with van der Waals surface area (Å²) in [5, 5.41) is 2.87. The van der Waals surface area contributed by atoms with Gasteiger partial charge in [0.05, 0.1) is 15.8 Å². The first-order valence-electron chi connectivity index (χ1n) is 6.28. The first kappa shape index (κ1) is 13.9. The van der Waals surface area contributed by atoms with Gasteiger partial charge in [-0.1, -0.05) is 23.9 Å². The number of fused-ring (bicyclic) bond motifs is 1. The third kappa shape index (κ3) is 2.86. The SMILES string of the molecule is CSc1nc2ccc(NC(=O)c3ccccc3N)cc2s1. The first-order chi connectivity index (χ1) is 10.2. The molecule has 0 aliphatic heterocycles. The minimum atomic E-state index is -0.206. The molecule has 3 N–H and O–H groups in total. The number of carbonyl (C=O) groups excluding carboxylic acids is 1. The standard InChI is InChI=1S/C15H13N3OS2/c1-20-15-18-12-7-6-9(8-13(12)21-15)17-14(19)10-4-2-3-5-11(10)16/h2-8H,16H2,1H3,(H,17,19). The van der Waals surface area contributed by atoms with Crippen molar-refractivity contribution in [2.24, 2.45) is 0 Å². The largest absolute Gasteiger partial charge is 0.398 e. The number of carbonyl (C=O) groups is 1. The van der Waals surface area contributed by atoms with E-state index < -0.39 is 0 Å². The maximum absolute atomic E-state index is 12.2. The predicted molar refractivity (Wildman–Crippen MR) is 90.2 cm³/mol. The topological polar surface area (TPSA) is 68.0 Å². The Morgan fingerprint density at radius 3 is 2.86 bits per heavy atom. The second kappa shape index (κ2) is 5.75. The highest BCUT2D eigenvalue weighted by molar-refractivity contribution is 8.00. The molecule has 1 amide bonds. The molecular formula is C15H13N3OS2. The zero-order valence-corrected chi connectivity index (χ0v) is 12.9. The smallest absolute Gasteiger partial charge is 0.257 e. The van der Waals surface area contributed by atoms with Gasteiger partial charge in [0.2, 0.25) is 0 Å². The fourth-order valence-electron chi connectivity index (χ4n) is 1.97. The van der Waals surface area contributed by atoms with E-state index >= 15 is 0 Å². The van der Waals surface area contributed by atoms with Gasteiger partial charge in [0.1, 0.15) is 0 Å². The van der Waals surface area contributed by atoms with E-state index in [1.807, 2.05) is 24.5 Å². The number of thioether (sulfide) groups is 1. The summed E-state index contributed by atoms with van der Waals surface area (Å²) in [7, 11) is 0. The maximum Gasteiger partial charge on any atom is 0.257 e. The molecule has 0 aliphatic rings. The van der Waals surface area contributed by atoms with Crippen LogP contribution < -0.4 is 11.1 Å². The Bertz CT molecular complexity index is 814. The highest BCUT2D eigenvalue weighted by atomic mass is 32.2. The molecule has 0 saturated carbocycles. The summed E-state index contributed by atoms with van der Waals surface area (Å²) >= 11 is 3.23. The second-order valence-corrected chi connectivity index (χ2v) is 6.49. The number of nitrogens with zero attached hydrogens (tertiary/aromatic N) is 1. The monoisotopic (exact) mass is 315 g/mol. The summed E-state index contributed by atoms with van der Waals surface area (Å²) in [5.41, 5.74) is 8.45. The normalized spacial score (nSPS) is 10.7. The molecule has 0 fully saturated rings. The van der Waals surface area contributed by atoms with Gasteiger partial charge in [0.25, 0.3) is 5.91 Å². The molecule has 4 nitrogen and oxygen atoms in total. The lowest BCUT2D eigenvalue weighted by molar-refractivity contribution is 0.102. The maximum atomic E-state index is 12.2. The minimum absolute atomic E-state index is 0.206. The fraction of sp³-hybridized carbons (Fsp3) is 0.0667. The van der Waals surface area contributed by atoms with Crippen molar-refractivity contribution >= 4 is 50.6 Å². The van der Waals surface area contributed by atoms with Gasteiger partial charge in [-0.25, -0.2) is 4.98 Å². The summed E-state index contributed by atoms with van der Waals surface area (Å²) in [6.07, 6.45) is 2.00. The van der Waals surface area contributed by atoms with Gasteiger partial charge in [0, 0.05) is 11.4 Å². The second-order valence-electron chi connectivity index (χ2n) is 4.41. The number of nitrogen functional groups attached to an aromatic ring is 1. The molecule has 21 heavy (non-hydrogen) atoms. The molecule has 0 spiro atoms. The molecule has 1 heterocycles. The van der Waals surface area contributed by atoms with Gasteiger partial charge in [-0.15, -0.1) is 11.3 Å². The summed E-state index contributed by atoms with van der Waals surface area (Å²) in [6, 6.07) is 12.7. The molecule has 6 heteroatoms. The van der Waals surface area contributed by atoms with Crippen molar-refractivity contribution in [2.45, 2.75) is 4.34 Å². The lowest BCUT2D eigenvalue weighted by Crippen LogP contribution is -2.13. The summed E-state index contributed by atoms with van der Waals surface area (Å²) in [6.45, 7) is 0. The van der Waals surface area contributed by atoms with Gasteiger partial charge in [-0.05, 0) is 36.6 Å². The van der Waals surface area contributed by atoms with E-state index in [2.05, 4.69) is 10.3 Å². The van der Waals surface area contributed by atoms with Crippen LogP contribution in [0, 0.1) is 0 Å². The fourth-order valence-corrected chi connectivity index (χ4v) is 3.50. The molecule has 0 radical (unpaired) electrons. The van der Waals surface area contributed by atoms with Gasteiger partial charge in [0.15, 0.2) is 4.34 Å². The Labute approximate surface area is 130 Å². The molecule has 0 bridgehead atoms. The molecule has 1 aromatic heterocycles. The molecule has 106 valence electrons. The number of hydrogen-bond acceptors (Lipinski definition) is 5. The Kier molecular flexibility index (Phi) is 3.81. The minimum Gasteiger partial charge on any atom is -0.398 e. The highest BCUT2D eigenvalue weighted by Gasteiger charge is 2.10. The Balaban J connectivity index is 1.87. The number of anilines is 2. The number of thiazole rings is 1. The van der Waals surface area contributed by atoms with Crippen LogP contribution in [-0.2, 0) is 0 Å². The molecule has 0 atom stereocenters. The van der Waals surface area contributed by atoms with E-state index in [-0.39, 0.29) is 5.91 Å². The van der Waals surface area contributed by atoms with Crippen LogP contribution in [-0.4, -0.2) is 17.1 Å². The van der Waals surface area contributed by atoms with Crippen molar-refractivity contribution in [1.29, 1.82) is 0 Å². The van der Waals surface area contributed by atoms with Crippen LogP contribution in [0.25, 0.3) is 10.2 Å². The van der Waals surface area contributed by atoms with Crippen molar-refractivity contribution in [3.05, 3.63) is 48.0 Å². The van der Waals surface area contributed by atoms with Crippen molar-refractivity contribution in [2.75, 3.05) is 17.3 Å². The van der Waals surface area contributed by atoms with Crippen molar-refractivity contribution < 1.29 is 4.79 Å². The van der Waals surface area contributed by atoms with Crippen molar-refractivity contribution in [3.63, 3.8) is 0 Å². The van der Waals surface area contributed by atoms with E-state index in [0.29, 0.717) is 11.3 Å². The van der Waals surface area contributed by atoms with Gasteiger partial charge in [-0.3, -0.25) is 4.79 Å². The van der Waals surface area contributed by atoms with Crippen LogP contribution in [0.15, 0.2) is 46.8 Å². The number of para-hydroxylation sites is 1. The van der Waals surface area contributed by atoms with E-state index in [0.717, 1.165) is 20.2 Å². The van der Waals surface area contributed by atoms with E-state index in [9.17, 15) is 4.79 Å². The van der Waals surface area contributed by atoms with E-state index in [4.69, 9.17) is 5.73 Å². The lowest BCUT2D eigenvalue weighted by atomic mass is 10.1. The molecule has 3 aromatic rings. The van der Waals surface area contributed by atoms with Crippen LogP contribution in [0.5, 0.6) is 0 Å². The number of amides is 1. The summed E-state index contributed by atoms with van der Waals surface area (Å²) < 4.78 is 2.07. The summed E-state index contributed by atoms with van der Waals surface area (Å²) in [4.78, 5) is 16.7. The van der Waals surface area contributed by atoms with Crippen molar-refractivity contribution in [3.8, 4) is 0 Å². The first-order valence-corrected chi connectivity index (χ1v) is 8.32. The van der Waals surface area contributed by atoms with Crippen LogP contribution in [0.1, 0.15) is 10.4 Å². The third-order valence-electron chi connectivity index (χ3n) is 3.01. The zero-order valence-electron chi connectivity index (χ0n) is 11.3. The number of rotatable bonds is 3. The average molecular weight is 315 g/mol. The predicted octanol–water partition coefficient (Wildman–Crippen LogP) is 3.85. The Hall–Kier alpha value is -2.05. The lowest BCUT2D eigenvalue weighted by Gasteiger charge is -2.07. The van der Waals surface area contributed by atoms with Crippen LogP contribution in [0.3, 0.4) is 0 Å². The highest BCUT2D eigenvalue weighted by Crippen LogP contribution is 2.30. The molecular weight excluding hydrogens is 302 g/mol. The summed E-state index contributed by atoms with van der Waals surface area (Å²) in [5.74, 6) is -0.206. The van der Waals surface area contributed by atoms with Crippen LogP contribution >= 0.6 is 23.1 Å². The van der Waals surface area contributed by atoms with Crippen molar-refractivity contribution in [1.82, 2.24) is 4.98 Å². The number of nitrogens with two attached hydrogens (primary N) is 1. The third-order valence-corrected chi connectivity index (χ3v) is 5.01. The van der Waals surface area contributed by atoms with E-state index in [1.54, 1.807) is 47.4 Å². The zero-order chi connectivity index (χ0) is 14.8. The molecule has 2 aromatic carbocycles. The van der Waals surface area contributed by atoms with Crippen LogP contribution in [0.2, 0.25) is 0 Å². The quantitative estimate of drug-likeness (QED) is 0.569. The molecule has 0 saturated heterocycles. The molecule has 0 unspecified atom stereocenters. The van der Waals surface area contributed by atoms with Gasteiger partial charge >= 0.3 is 0 Å². The average Bonchev–Trinajstić information content (AvgIpc) is 2.90. The molecule has 3 rings (SSSR count). The van der Waals surface area contributed by atoms with E-state index in [1.165, 1.54) is 0 Å². The van der Waals surface area contributed by atoms with Gasteiger partial charge < -0.3 is 11.1 Å². The number of aromatic nitrogens is 1. The number of benzene rings is 2. The van der Waals surface area contributed by atoms with Crippen LogP contribution in [0.4, 0.5) is 11.4 Å². The molecule has 0 aliphatic carbocycles. The number of nitrogens with one attached hydrogen (secondary N) is 1. The number of hydrogen-bond donors (Lipinski definition) is 2. The Morgan fingerprint density at radius 2 is 2.10 bits per heavy atom. The Morgan fingerprint density at radius 1 is 1.29 bits per heavy atom.